The van der Waals surface area contributed by atoms with E-state index in [1.54, 1.807) is 6.08 Å². The van der Waals surface area contributed by atoms with E-state index in [2.05, 4.69) is 22.2 Å². The molecule has 0 aliphatic heterocycles. The van der Waals surface area contributed by atoms with Gasteiger partial charge in [0.1, 0.15) is 0 Å². The second-order valence-electron chi connectivity index (χ2n) is 3.35. The number of amides is 1. The van der Waals surface area contributed by atoms with Gasteiger partial charge < -0.3 is 10.4 Å². The van der Waals surface area contributed by atoms with Crippen LogP contribution in [0.15, 0.2) is 18.9 Å². The zero-order valence-corrected chi connectivity index (χ0v) is 9.30. The Morgan fingerprint density at radius 3 is 2.94 bits per heavy atom. The van der Waals surface area contributed by atoms with E-state index >= 15 is 0 Å². The third-order valence-electron chi connectivity index (χ3n) is 2.00. The van der Waals surface area contributed by atoms with Crippen molar-refractivity contribution in [2.75, 3.05) is 6.54 Å². The lowest BCUT2D eigenvalue weighted by Crippen LogP contribution is -2.26. The maximum atomic E-state index is 11.2. The predicted molar refractivity (Wildman–Crippen MR) is 59.4 cm³/mol. The van der Waals surface area contributed by atoms with Gasteiger partial charge in [0.25, 0.3) is 0 Å². The molecule has 1 aromatic rings. The second kappa shape index (κ2) is 6.41. The molecule has 0 fully saturated rings. The summed E-state index contributed by atoms with van der Waals surface area (Å²) in [7, 11) is 0. The summed E-state index contributed by atoms with van der Waals surface area (Å²) in [4.78, 5) is 21.7. The van der Waals surface area contributed by atoms with Gasteiger partial charge in [-0.3, -0.25) is 4.79 Å². The molecule has 1 heterocycles. The largest absolute Gasteiger partial charge is 0.476 e. The monoisotopic (exact) mass is 238 g/mol. The first-order valence-electron chi connectivity index (χ1n) is 5.14. The first kappa shape index (κ1) is 12.9. The number of carbonyl (C=O) groups excluding carboxylic acids is 1. The number of hydrogen-bond acceptors (Lipinski definition) is 4. The molecular formula is C10H14N4O3. The maximum Gasteiger partial charge on any atom is 0.358 e. The number of rotatable bonds is 7. The molecular weight excluding hydrogens is 224 g/mol. The normalized spacial score (nSPS) is 9.88. The minimum absolute atomic E-state index is 0.0662. The van der Waals surface area contributed by atoms with Crippen LogP contribution in [-0.2, 0) is 11.3 Å². The molecule has 0 saturated carbocycles. The Labute approximate surface area is 98.1 Å². The minimum Gasteiger partial charge on any atom is -0.476 e. The highest BCUT2D eigenvalue weighted by atomic mass is 16.4. The van der Waals surface area contributed by atoms with E-state index in [-0.39, 0.29) is 11.6 Å². The van der Waals surface area contributed by atoms with Crippen molar-refractivity contribution < 1.29 is 14.7 Å². The van der Waals surface area contributed by atoms with Gasteiger partial charge in [-0.25, -0.2) is 9.48 Å². The van der Waals surface area contributed by atoms with Crippen LogP contribution in [0.2, 0.25) is 0 Å². The smallest absolute Gasteiger partial charge is 0.358 e. The summed E-state index contributed by atoms with van der Waals surface area (Å²) < 4.78 is 1.37. The van der Waals surface area contributed by atoms with Crippen molar-refractivity contribution in [3.8, 4) is 0 Å². The Kier molecular flexibility index (Phi) is 4.86. The maximum absolute atomic E-state index is 11.2. The highest BCUT2D eigenvalue weighted by Crippen LogP contribution is 1.92. The molecule has 1 rings (SSSR count). The van der Waals surface area contributed by atoms with Crippen molar-refractivity contribution in [2.45, 2.75) is 19.4 Å². The summed E-state index contributed by atoms with van der Waals surface area (Å²) in [6.45, 7) is 4.30. The highest BCUT2D eigenvalue weighted by molar-refractivity contribution is 5.84. The number of aromatic carboxylic acids is 1. The van der Waals surface area contributed by atoms with Gasteiger partial charge >= 0.3 is 5.97 Å². The van der Waals surface area contributed by atoms with Crippen molar-refractivity contribution >= 4 is 11.9 Å². The second-order valence-corrected chi connectivity index (χ2v) is 3.35. The Morgan fingerprint density at radius 2 is 2.35 bits per heavy atom. The molecule has 0 aliphatic carbocycles. The van der Waals surface area contributed by atoms with Gasteiger partial charge in [0, 0.05) is 13.0 Å². The fraction of sp³-hybridized carbons (Fsp3) is 0.400. The Morgan fingerprint density at radius 1 is 1.59 bits per heavy atom. The van der Waals surface area contributed by atoms with Crippen LogP contribution in [-0.4, -0.2) is 38.5 Å². The first-order chi connectivity index (χ1) is 8.13. The molecule has 0 radical (unpaired) electrons. The quantitative estimate of drug-likeness (QED) is 0.654. The topological polar surface area (TPSA) is 97.1 Å². The molecule has 0 unspecified atom stereocenters. The fourth-order valence-corrected chi connectivity index (χ4v) is 1.14. The molecule has 0 spiro atoms. The predicted octanol–water partition coefficient (Wildman–Crippen LogP) is 0.0587. The van der Waals surface area contributed by atoms with Gasteiger partial charge in [-0.1, -0.05) is 11.3 Å². The van der Waals surface area contributed by atoms with Gasteiger partial charge in [0.15, 0.2) is 5.69 Å². The number of hydrogen-bond donors (Lipinski definition) is 2. The van der Waals surface area contributed by atoms with Crippen molar-refractivity contribution in [3.05, 3.63) is 24.5 Å². The molecule has 1 aromatic heterocycles. The van der Waals surface area contributed by atoms with E-state index in [4.69, 9.17) is 5.11 Å². The third kappa shape index (κ3) is 4.45. The standard InChI is InChI=1S/C10H14N4O3/c1-2-3-4-9(15)11-5-6-14-7-8(10(16)17)12-13-14/h2,7H,1,3-6H2,(H,11,15)(H,16,17). The Balaban J connectivity index is 2.28. The van der Waals surface area contributed by atoms with E-state index in [9.17, 15) is 9.59 Å². The first-order valence-corrected chi connectivity index (χ1v) is 5.14. The van der Waals surface area contributed by atoms with Crippen molar-refractivity contribution in [1.29, 1.82) is 0 Å². The number of aromatic nitrogens is 3. The van der Waals surface area contributed by atoms with Gasteiger partial charge in [-0.15, -0.1) is 11.7 Å². The summed E-state index contributed by atoms with van der Waals surface area (Å²) in [5, 5.41) is 18.4. The van der Waals surface area contributed by atoms with Gasteiger partial charge in [-0.2, -0.15) is 0 Å². The molecule has 0 saturated heterocycles. The number of nitrogens with one attached hydrogen (secondary N) is 1. The summed E-state index contributed by atoms with van der Waals surface area (Å²) in [6.07, 6.45) is 4.04. The van der Waals surface area contributed by atoms with Crippen LogP contribution in [0.3, 0.4) is 0 Å². The molecule has 0 bridgehead atoms. The van der Waals surface area contributed by atoms with Gasteiger partial charge in [0.05, 0.1) is 12.7 Å². The van der Waals surface area contributed by atoms with Crippen LogP contribution >= 0.6 is 0 Å². The zero-order valence-electron chi connectivity index (χ0n) is 9.30. The Hall–Kier alpha value is -2.18. The Bertz CT molecular complexity index is 413. The molecule has 1 amide bonds. The number of carbonyl (C=O) groups is 2. The molecule has 0 aliphatic rings. The summed E-state index contributed by atoms with van der Waals surface area (Å²) >= 11 is 0. The lowest BCUT2D eigenvalue weighted by atomic mass is 10.3. The van der Waals surface area contributed by atoms with Crippen LogP contribution in [0.1, 0.15) is 23.3 Å². The van der Waals surface area contributed by atoms with Crippen molar-refractivity contribution in [2.24, 2.45) is 0 Å². The summed E-state index contributed by atoms with van der Waals surface area (Å²) in [5.41, 5.74) is -0.108. The van der Waals surface area contributed by atoms with Crippen LogP contribution < -0.4 is 5.32 Å². The molecule has 17 heavy (non-hydrogen) atoms. The van der Waals surface area contributed by atoms with E-state index < -0.39 is 5.97 Å². The zero-order chi connectivity index (χ0) is 12.7. The number of carboxylic acid groups (broad SMARTS) is 1. The minimum atomic E-state index is -1.12. The van der Waals surface area contributed by atoms with E-state index in [0.29, 0.717) is 25.9 Å². The van der Waals surface area contributed by atoms with Gasteiger partial charge in [-0.05, 0) is 6.42 Å². The van der Waals surface area contributed by atoms with Crippen LogP contribution in [0.25, 0.3) is 0 Å². The van der Waals surface area contributed by atoms with E-state index in [0.717, 1.165) is 0 Å². The third-order valence-corrected chi connectivity index (χ3v) is 2.00. The molecule has 0 atom stereocenters. The van der Waals surface area contributed by atoms with Crippen molar-refractivity contribution in [1.82, 2.24) is 20.3 Å². The fourth-order valence-electron chi connectivity index (χ4n) is 1.14. The lowest BCUT2D eigenvalue weighted by molar-refractivity contribution is -0.121. The van der Waals surface area contributed by atoms with E-state index in [1.807, 2.05) is 0 Å². The van der Waals surface area contributed by atoms with Crippen LogP contribution in [0.5, 0.6) is 0 Å². The molecule has 2 N–H and O–H groups in total. The number of nitrogens with zero attached hydrogens (tertiary/aromatic N) is 3. The summed E-state index contributed by atoms with van der Waals surface area (Å²) in [6, 6.07) is 0. The molecule has 7 nitrogen and oxygen atoms in total. The molecule has 92 valence electrons. The number of allylic oxidation sites excluding steroid dienone is 1. The van der Waals surface area contributed by atoms with Crippen molar-refractivity contribution in [3.63, 3.8) is 0 Å². The lowest BCUT2D eigenvalue weighted by Gasteiger charge is -2.03. The highest BCUT2D eigenvalue weighted by Gasteiger charge is 2.07. The summed E-state index contributed by atoms with van der Waals surface area (Å²) in [5.74, 6) is -1.19. The average molecular weight is 238 g/mol. The van der Waals surface area contributed by atoms with E-state index in [1.165, 1.54) is 10.9 Å². The van der Waals surface area contributed by atoms with Gasteiger partial charge in [0.2, 0.25) is 5.91 Å². The van der Waals surface area contributed by atoms with Crippen LogP contribution in [0.4, 0.5) is 0 Å². The number of carboxylic acids is 1. The SMILES string of the molecule is C=CCCC(=O)NCCn1cc(C(=O)O)nn1. The average Bonchev–Trinajstić information content (AvgIpc) is 2.75. The van der Waals surface area contributed by atoms with Crippen LogP contribution in [0, 0.1) is 0 Å². The molecule has 0 aromatic carbocycles. The molecule has 7 heteroatoms.